The van der Waals surface area contributed by atoms with Crippen LogP contribution >= 0.6 is 11.6 Å². The van der Waals surface area contributed by atoms with Crippen molar-refractivity contribution in [2.75, 3.05) is 11.9 Å². The van der Waals surface area contributed by atoms with Crippen LogP contribution in [0.5, 0.6) is 0 Å². The highest BCUT2D eigenvalue weighted by molar-refractivity contribution is 6.30. The Balaban J connectivity index is 1.78. The molecule has 3 N–H and O–H groups in total. The molecule has 2 rings (SSSR count). The highest BCUT2D eigenvalue weighted by atomic mass is 35.5. The Hall–Kier alpha value is -2.04. The molecule has 0 aliphatic heterocycles. The van der Waals surface area contributed by atoms with E-state index in [2.05, 4.69) is 10.6 Å². The number of anilines is 1. The number of carbonyl (C=O) groups is 1. The zero-order chi connectivity index (χ0) is 15.1. The molecule has 0 saturated carbocycles. The second kappa shape index (κ2) is 7.67. The van der Waals surface area contributed by atoms with Gasteiger partial charge in [0.25, 0.3) is 0 Å². The standard InChI is InChI=1S/C16H17ClN2O2/c17-14-6-4-12(5-7-14)9-19-16(21)10-18-15-3-1-2-13(8-15)11-20/h1-8,18,20H,9-11H2,(H,19,21). The molecular formula is C16H17ClN2O2. The van der Waals surface area contributed by atoms with E-state index >= 15 is 0 Å². The van der Waals surface area contributed by atoms with Crippen molar-refractivity contribution in [3.63, 3.8) is 0 Å². The molecule has 0 radical (unpaired) electrons. The van der Waals surface area contributed by atoms with Gasteiger partial charge in [-0.3, -0.25) is 4.79 Å². The first-order valence-corrected chi connectivity index (χ1v) is 7.00. The van der Waals surface area contributed by atoms with Gasteiger partial charge in [-0.25, -0.2) is 0 Å². The van der Waals surface area contributed by atoms with Crippen LogP contribution in [0, 0.1) is 0 Å². The Morgan fingerprint density at radius 1 is 1.10 bits per heavy atom. The van der Waals surface area contributed by atoms with E-state index in [1.165, 1.54) is 0 Å². The molecule has 4 nitrogen and oxygen atoms in total. The molecule has 0 bridgehead atoms. The molecule has 0 atom stereocenters. The first-order valence-electron chi connectivity index (χ1n) is 6.62. The average molecular weight is 305 g/mol. The normalized spacial score (nSPS) is 10.2. The van der Waals surface area contributed by atoms with Crippen LogP contribution in [0.25, 0.3) is 0 Å². The first-order chi connectivity index (χ1) is 10.2. The van der Waals surface area contributed by atoms with Crippen LogP contribution in [-0.4, -0.2) is 17.6 Å². The van der Waals surface area contributed by atoms with Crippen molar-refractivity contribution in [1.29, 1.82) is 0 Å². The summed E-state index contributed by atoms with van der Waals surface area (Å²) >= 11 is 5.80. The number of rotatable bonds is 6. The second-order valence-electron chi connectivity index (χ2n) is 4.62. The number of amides is 1. The molecule has 0 spiro atoms. The quantitative estimate of drug-likeness (QED) is 0.768. The van der Waals surface area contributed by atoms with Gasteiger partial charge in [-0.2, -0.15) is 0 Å². The van der Waals surface area contributed by atoms with E-state index in [-0.39, 0.29) is 19.1 Å². The molecular weight excluding hydrogens is 288 g/mol. The third-order valence-corrected chi connectivity index (χ3v) is 3.22. The summed E-state index contributed by atoms with van der Waals surface area (Å²) in [5, 5.41) is 15.6. The van der Waals surface area contributed by atoms with Crippen molar-refractivity contribution in [1.82, 2.24) is 5.32 Å². The Bertz CT molecular complexity index is 599. The Morgan fingerprint density at radius 2 is 1.86 bits per heavy atom. The van der Waals surface area contributed by atoms with Gasteiger partial charge in [-0.15, -0.1) is 0 Å². The van der Waals surface area contributed by atoms with Crippen molar-refractivity contribution >= 4 is 23.2 Å². The average Bonchev–Trinajstić information content (AvgIpc) is 2.52. The third kappa shape index (κ3) is 5.10. The summed E-state index contributed by atoms with van der Waals surface area (Å²) in [6.45, 7) is 0.634. The molecule has 0 aliphatic carbocycles. The van der Waals surface area contributed by atoms with Crippen molar-refractivity contribution < 1.29 is 9.90 Å². The lowest BCUT2D eigenvalue weighted by Crippen LogP contribution is -2.29. The van der Waals surface area contributed by atoms with E-state index in [0.717, 1.165) is 16.8 Å². The summed E-state index contributed by atoms with van der Waals surface area (Å²) in [6.07, 6.45) is 0. The first kappa shape index (κ1) is 15.4. The summed E-state index contributed by atoms with van der Waals surface area (Å²) < 4.78 is 0. The molecule has 0 aromatic heterocycles. The maximum Gasteiger partial charge on any atom is 0.239 e. The minimum atomic E-state index is -0.0978. The van der Waals surface area contributed by atoms with Crippen LogP contribution in [0.3, 0.4) is 0 Å². The maximum absolute atomic E-state index is 11.8. The number of hydrogen-bond donors (Lipinski definition) is 3. The predicted molar refractivity (Wildman–Crippen MR) is 84.2 cm³/mol. The summed E-state index contributed by atoms with van der Waals surface area (Å²) in [5.74, 6) is -0.0978. The number of aliphatic hydroxyl groups is 1. The van der Waals surface area contributed by atoms with Crippen molar-refractivity contribution in [2.24, 2.45) is 0 Å². The molecule has 0 unspecified atom stereocenters. The van der Waals surface area contributed by atoms with Gasteiger partial charge in [-0.05, 0) is 35.4 Å². The Morgan fingerprint density at radius 3 is 2.57 bits per heavy atom. The van der Waals surface area contributed by atoms with Crippen LogP contribution in [0.2, 0.25) is 5.02 Å². The van der Waals surface area contributed by atoms with Gasteiger partial charge in [0.15, 0.2) is 0 Å². The van der Waals surface area contributed by atoms with Crippen molar-refractivity contribution in [2.45, 2.75) is 13.2 Å². The van der Waals surface area contributed by atoms with E-state index in [9.17, 15) is 4.79 Å². The third-order valence-electron chi connectivity index (χ3n) is 2.97. The number of nitrogens with one attached hydrogen (secondary N) is 2. The molecule has 0 fully saturated rings. The molecule has 110 valence electrons. The molecule has 0 saturated heterocycles. The zero-order valence-corrected chi connectivity index (χ0v) is 12.2. The fourth-order valence-electron chi connectivity index (χ4n) is 1.83. The van der Waals surface area contributed by atoms with Gasteiger partial charge in [0.1, 0.15) is 0 Å². The van der Waals surface area contributed by atoms with Crippen LogP contribution in [0.1, 0.15) is 11.1 Å². The van der Waals surface area contributed by atoms with Crippen LogP contribution in [-0.2, 0) is 17.9 Å². The zero-order valence-electron chi connectivity index (χ0n) is 11.5. The summed E-state index contributed by atoms with van der Waals surface area (Å²) in [6, 6.07) is 14.7. The smallest absolute Gasteiger partial charge is 0.239 e. The molecule has 0 heterocycles. The lowest BCUT2D eigenvalue weighted by atomic mass is 10.2. The molecule has 5 heteroatoms. The largest absolute Gasteiger partial charge is 0.392 e. The van der Waals surface area contributed by atoms with E-state index in [0.29, 0.717) is 11.6 Å². The van der Waals surface area contributed by atoms with Gasteiger partial charge in [-0.1, -0.05) is 35.9 Å². The summed E-state index contributed by atoms with van der Waals surface area (Å²) in [7, 11) is 0. The molecule has 2 aromatic carbocycles. The maximum atomic E-state index is 11.8. The fraction of sp³-hybridized carbons (Fsp3) is 0.188. The van der Waals surface area contributed by atoms with Gasteiger partial charge in [0.2, 0.25) is 5.91 Å². The second-order valence-corrected chi connectivity index (χ2v) is 5.05. The lowest BCUT2D eigenvalue weighted by molar-refractivity contribution is -0.119. The highest BCUT2D eigenvalue weighted by Crippen LogP contribution is 2.10. The van der Waals surface area contributed by atoms with E-state index in [4.69, 9.17) is 16.7 Å². The predicted octanol–water partition coefficient (Wildman–Crippen LogP) is 2.56. The summed E-state index contributed by atoms with van der Waals surface area (Å²) in [5.41, 5.74) is 2.61. The van der Waals surface area contributed by atoms with Gasteiger partial charge >= 0.3 is 0 Å². The highest BCUT2D eigenvalue weighted by Gasteiger charge is 2.02. The van der Waals surface area contributed by atoms with E-state index in [1.807, 2.05) is 36.4 Å². The molecule has 2 aromatic rings. The Labute approximate surface area is 128 Å². The Kier molecular flexibility index (Phi) is 5.60. The van der Waals surface area contributed by atoms with Crippen LogP contribution in [0.4, 0.5) is 5.69 Å². The van der Waals surface area contributed by atoms with Crippen molar-refractivity contribution in [3.05, 3.63) is 64.7 Å². The minimum Gasteiger partial charge on any atom is -0.392 e. The lowest BCUT2D eigenvalue weighted by Gasteiger charge is -2.09. The van der Waals surface area contributed by atoms with Gasteiger partial charge < -0.3 is 15.7 Å². The van der Waals surface area contributed by atoms with Crippen molar-refractivity contribution in [3.8, 4) is 0 Å². The SMILES string of the molecule is O=C(CNc1cccc(CO)c1)NCc1ccc(Cl)cc1. The molecule has 0 aliphatic rings. The molecule has 21 heavy (non-hydrogen) atoms. The number of carbonyl (C=O) groups excluding carboxylic acids is 1. The van der Waals surface area contributed by atoms with Crippen LogP contribution in [0.15, 0.2) is 48.5 Å². The molecule has 1 amide bonds. The minimum absolute atomic E-state index is 0.0156. The monoisotopic (exact) mass is 304 g/mol. The van der Waals surface area contributed by atoms with Crippen LogP contribution < -0.4 is 10.6 Å². The topological polar surface area (TPSA) is 61.4 Å². The number of benzene rings is 2. The number of hydrogen-bond acceptors (Lipinski definition) is 3. The van der Waals surface area contributed by atoms with Gasteiger partial charge in [0, 0.05) is 17.3 Å². The number of halogens is 1. The van der Waals surface area contributed by atoms with E-state index in [1.54, 1.807) is 12.1 Å². The number of aliphatic hydroxyl groups excluding tert-OH is 1. The summed E-state index contributed by atoms with van der Waals surface area (Å²) in [4.78, 5) is 11.8. The van der Waals surface area contributed by atoms with E-state index < -0.39 is 0 Å². The fourth-order valence-corrected chi connectivity index (χ4v) is 1.95. The van der Waals surface area contributed by atoms with Gasteiger partial charge in [0.05, 0.1) is 13.2 Å².